The third kappa shape index (κ3) is 9.37. The molecule has 0 amide bonds. The van der Waals surface area contributed by atoms with Crippen LogP contribution in [0.4, 0.5) is 0 Å². The fourth-order valence-electron chi connectivity index (χ4n) is 1.41. The zero-order chi connectivity index (χ0) is 13.7. The number of rotatable bonds is 12. The van der Waals surface area contributed by atoms with Crippen LogP contribution in [0.15, 0.2) is 0 Å². The number of hydrogen-bond acceptors (Lipinski definition) is 5. The van der Waals surface area contributed by atoms with Crippen LogP contribution in [0.25, 0.3) is 0 Å². The molecule has 0 saturated carbocycles. The van der Waals surface area contributed by atoms with Gasteiger partial charge in [0.25, 0.3) is 0 Å². The topological polar surface area (TPSA) is 77.5 Å². The van der Waals surface area contributed by atoms with Gasteiger partial charge in [0.1, 0.15) is 5.54 Å². The maximum Gasteiger partial charge on any atom is 0.104 e. The van der Waals surface area contributed by atoms with Crippen molar-refractivity contribution >= 4 is 0 Å². The molecule has 0 aromatic rings. The summed E-state index contributed by atoms with van der Waals surface area (Å²) in [5.74, 6) is 0. The van der Waals surface area contributed by atoms with Crippen LogP contribution in [0, 0.1) is 11.3 Å². The van der Waals surface area contributed by atoms with Gasteiger partial charge >= 0.3 is 0 Å². The molecule has 0 fully saturated rings. The maximum atomic E-state index is 8.89. The summed E-state index contributed by atoms with van der Waals surface area (Å²) in [6.45, 7) is 5.22. The zero-order valence-corrected chi connectivity index (χ0v) is 11.6. The predicted molar refractivity (Wildman–Crippen MR) is 70.2 cm³/mol. The van der Waals surface area contributed by atoms with Crippen molar-refractivity contribution in [3.8, 4) is 6.07 Å². The van der Waals surface area contributed by atoms with E-state index in [0.29, 0.717) is 45.9 Å². The monoisotopic (exact) mass is 258 g/mol. The molecule has 5 nitrogen and oxygen atoms in total. The summed E-state index contributed by atoms with van der Waals surface area (Å²) in [5.41, 5.74) is 5.17. The Morgan fingerprint density at radius 3 is 2.22 bits per heavy atom. The molecule has 0 heterocycles. The lowest BCUT2D eigenvalue weighted by molar-refractivity contribution is 0.0504. The quantitative estimate of drug-likeness (QED) is 0.536. The highest BCUT2D eigenvalue weighted by atomic mass is 16.5. The second-order valence-electron chi connectivity index (χ2n) is 4.30. The Balaban J connectivity index is 3.24. The summed E-state index contributed by atoms with van der Waals surface area (Å²) >= 11 is 0. The van der Waals surface area contributed by atoms with Crippen LogP contribution in [-0.4, -0.2) is 45.7 Å². The van der Waals surface area contributed by atoms with Crippen molar-refractivity contribution in [3.05, 3.63) is 0 Å². The average Bonchev–Trinajstić information content (AvgIpc) is 2.40. The lowest BCUT2D eigenvalue weighted by Gasteiger charge is -2.18. The Morgan fingerprint density at radius 2 is 1.67 bits per heavy atom. The molecule has 0 radical (unpaired) electrons. The molecule has 0 rings (SSSR count). The molecule has 106 valence electrons. The van der Waals surface area contributed by atoms with Crippen LogP contribution in [-0.2, 0) is 14.2 Å². The molecule has 0 aliphatic rings. The molecule has 0 aliphatic carbocycles. The molecule has 1 atom stereocenters. The highest BCUT2D eigenvalue weighted by molar-refractivity contribution is 5.03. The van der Waals surface area contributed by atoms with Crippen LogP contribution < -0.4 is 5.73 Å². The Hall–Kier alpha value is -0.670. The van der Waals surface area contributed by atoms with Gasteiger partial charge in [-0.2, -0.15) is 5.26 Å². The summed E-state index contributed by atoms with van der Waals surface area (Å²) in [7, 11) is 1.65. The highest BCUT2D eigenvalue weighted by Crippen LogP contribution is 2.12. The number of nitrogens with zero attached hydrogens (tertiary/aromatic N) is 1. The van der Waals surface area contributed by atoms with Crippen molar-refractivity contribution in [2.45, 2.75) is 38.1 Å². The van der Waals surface area contributed by atoms with Crippen LogP contribution in [0.3, 0.4) is 0 Å². The number of nitrogens with two attached hydrogens (primary N) is 1. The standard InChI is InChI=1S/C13H26N2O3/c1-3-13(15,12-14)6-4-7-17-8-5-9-18-11-10-16-2/h3-11,15H2,1-2H3. The van der Waals surface area contributed by atoms with E-state index in [1.54, 1.807) is 7.11 Å². The molecular formula is C13H26N2O3. The van der Waals surface area contributed by atoms with Crippen LogP contribution in [0.2, 0.25) is 0 Å². The SMILES string of the molecule is CCC(N)(C#N)CCCOCCCOCCOC. The van der Waals surface area contributed by atoms with Crippen molar-refractivity contribution < 1.29 is 14.2 Å². The van der Waals surface area contributed by atoms with Crippen LogP contribution in [0.5, 0.6) is 0 Å². The van der Waals surface area contributed by atoms with Gasteiger partial charge in [-0.25, -0.2) is 0 Å². The number of ether oxygens (including phenoxy) is 3. The van der Waals surface area contributed by atoms with Gasteiger partial charge in [0.2, 0.25) is 0 Å². The van der Waals surface area contributed by atoms with Gasteiger partial charge in [-0.3, -0.25) is 0 Å². The molecular weight excluding hydrogens is 232 g/mol. The number of methoxy groups -OCH3 is 1. The average molecular weight is 258 g/mol. The molecule has 0 aromatic heterocycles. The van der Waals surface area contributed by atoms with E-state index in [9.17, 15) is 0 Å². The van der Waals surface area contributed by atoms with Gasteiger partial charge in [-0.15, -0.1) is 0 Å². The van der Waals surface area contributed by atoms with Gasteiger partial charge in [-0.05, 0) is 25.7 Å². The van der Waals surface area contributed by atoms with Crippen LogP contribution >= 0.6 is 0 Å². The molecule has 0 spiro atoms. The molecule has 0 aromatic carbocycles. The first-order valence-electron chi connectivity index (χ1n) is 6.53. The first-order valence-corrected chi connectivity index (χ1v) is 6.53. The minimum atomic E-state index is -0.688. The van der Waals surface area contributed by atoms with E-state index in [1.807, 2.05) is 6.92 Å². The molecule has 2 N–H and O–H groups in total. The normalized spacial score (nSPS) is 14.1. The number of hydrogen-bond donors (Lipinski definition) is 1. The second kappa shape index (κ2) is 11.4. The zero-order valence-electron chi connectivity index (χ0n) is 11.6. The lowest BCUT2D eigenvalue weighted by atomic mass is 9.94. The Labute approximate surface area is 110 Å². The third-order valence-electron chi connectivity index (χ3n) is 2.77. The number of nitriles is 1. The third-order valence-corrected chi connectivity index (χ3v) is 2.77. The first kappa shape index (κ1) is 17.3. The van der Waals surface area contributed by atoms with Crippen molar-refractivity contribution in [3.63, 3.8) is 0 Å². The van der Waals surface area contributed by atoms with E-state index in [2.05, 4.69) is 6.07 Å². The highest BCUT2D eigenvalue weighted by Gasteiger charge is 2.20. The molecule has 0 bridgehead atoms. The van der Waals surface area contributed by atoms with E-state index < -0.39 is 5.54 Å². The van der Waals surface area contributed by atoms with Gasteiger partial charge in [0.05, 0.1) is 19.3 Å². The van der Waals surface area contributed by atoms with E-state index in [4.69, 9.17) is 25.2 Å². The van der Waals surface area contributed by atoms with Crippen molar-refractivity contribution in [1.82, 2.24) is 0 Å². The molecule has 0 saturated heterocycles. The van der Waals surface area contributed by atoms with Crippen molar-refractivity contribution in [2.75, 3.05) is 40.1 Å². The smallest absolute Gasteiger partial charge is 0.104 e. The molecule has 0 aliphatic heterocycles. The minimum absolute atomic E-state index is 0.630. The Morgan fingerprint density at radius 1 is 1.06 bits per heavy atom. The van der Waals surface area contributed by atoms with Gasteiger partial charge < -0.3 is 19.9 Å². The Bertz CT molecular complexity index is 231. The summed E-state index contributed by atoms with van der Waals surface area (Å²) in [6.07, 6.45) is 3.06. The first-order chi connectivity index (χ1) is 8.68. The Kier molecular flexibility index (Phi) is 11.0. The largest absolute Gasteiger partial charge is 0.382 e. The van der Waals surface area contributed by atoms with Crippen LogP contribution in [0.1, 0.15) is 32.6 Å². The molecule has 5 heteroatoms. The summed E-state index contributed by atoms with van der Waals surface area (Å²) in [4.78, 5) is 0. The van der Waals surface area contributed by atoms with E-state index in [1.165, 1.54) is 0 Å². The van der Waals surface area contributed by atoms with Gasteiger partial charge in [0.15, 0.2) is 0 Å². The summed E-state index contributed by atoms with van der Waals surface area (Å²) in [5, 5.41) is 8.89. The minimum Gasteiger partial charge on any atom is -0.382 e. The van der Waals surface area contributed by atoms with Crippen molar-refractivity contribution in [1.29, 1.82) is 5.26 Å². The maximum absolute atomic E-state index is 8.89. The van der Waals surface area contributed by atoms with Crippen molar-refractivity contribution in [2.24, 2.45) is 5.73 Å². The van der Waals surface area contributed by atoms with Gasteiger partial charge in [-0.1, -0.05) is 6.92 Å². The summed E-state index contributed by atoms with van der Waals surface area (Å²) < 4.78 is 15.6. The van der Waals surface area contributed by atoms with Gasteiger partial charge in [0, 0.05) is 26.9 Å². The van der Waals surface area contributed by atoms with E-state index >= 15 is 0 Å². The van der Waals surface area contributed by atoms with E-state index in [-0.39, 0.29) is 0 Å². The lowest BCUT2D eigenvalue weighted by Crippen LogP contribution is -2.37. The fourth-order valence-corrected chi connectivity index (χ4v) is 1.41. The van der Waals surface area contributed by atoms with E-state index in [0.717, 1.165) is 12.8 Å². The summed E-state index contributed by atoms with van der Waals surface area (Å²) in [6, 6.07) is 2.15. The predicted octanol–water partition coefficient (Wildman–Crippen LogP) is 1.47. The molecule has 18 heavy (non-hydrogen) atoms. The molecule has 1 unspecified atom stereocenters. The fraction of sp³-hybridized carbons (Fsp3) is 0.923. The second-order valence-corrected chi connectivity index (χ2v) is 4.30.